The predicted molar refractivity (Wildman–Crippen MR) is 55.8 cm³/mol. The highest BCUT2D eigenvalue weighted by Gasteiger charge is 2.45. The summed E-state index contributed by atoms with van der Waals surface area (Å²) in [5, 5.41) is 0.0531. The number of amides is 1. The Bertz CT molecular complexity index is 308. The monoisotopic (exact) mass is 317 g/mol. The number of ketones is 1. The molecule has 0 radical (unpaired) electrons. The van der Waals surface area contributed by atoms with Crippen LogP contribution >= 0.6 is 15.9 Å². The fourth-order valence-corrected chi connectivity index (χ4v) is 1.80. The first-order valence-electron chi connectivity index (χ1n) is 4.89. The zero-order valence-corrected chi connectivity index (χ0v) is 10.4. The molecule has 4 nitrogen and oxygen atoms in total. The van der Waals surface area contributed by atoms with Gasteiger partial charge in [-0.1, -0.05) is 15.9 Å². The van der Waals surface area contributed by atoms with E-state index in [-0.39, 0.29) is 37.3 Å². The Hall–Kier alpha value is -0.630. The third-order valence-electron chi connectivity index (χ3n) is 2.34. The van der Waals surface area contributed by atoms with Crippen LogP contribution in [0.25, 0.3) is 0 Å². The standard InChI is InChI=1S/C9H11BrF3NO3/c10-4-7(15)3-6-5-17-2-1-14(6)8(16)9(11,12)13/h6H,1-5H2. The minimum atomic E-state index is -4.91. The number of rotatable bonds is 3. The molecule has 17 heavy (non-hydrogen) atoms. The average Bonchev–Trinajstić information content (AvgIpc) is 2.27. The van der Waals surface area contributed by atoms with Gasteiger partial charge in [0.1, 0.15) is 5.78 Å². The van der Waals surface area contributed by atoms with Crippen molar-refractivity contribution in [2.75, 3.05) is 25.1 Å². The van der Waals surface area contributed by atoms with Crippen LogP contribution in [0, 0.1) is 0 Å². The number of alkyl halides is 4. The number of carbonyl (C=O) groups is 2. The van der Waals surface area contributed by atoms with E-state index in [0.29, 0.717) is 4.90 Å². The molecule has 1 atom stereocenters. The lowest BCUT2D eigenvalue weighted by atomic mass is 10.1. The van der Waals surface area contributed by atoms with Gasteiger partial charge in [0.15, 0.2) is 0 Å². The smallest absolute Gasteiger partial charge is 0.377 e. The number of morpholine rings is 1. The van der Waals surface area contributed by atoms with Gasteiger partial charge in [0, 0.05) is 13.0 Å². The van der Waals surface area contributed by atoms with Crippen molar-refractivity contribution in [1.82, 2.24) is 4.90 Å². The Morgan fingerprint density at radius 2 is 2.06 bits per heavy atom. The molecular formula is C9H11BrF3NO3. The van der Waals surface area contributed by atoms with Crippen molar-refractivity contribution in [1.29, 1.82) is 0 Å². The summed E-state index contributed by atoms with van der Waals surface area (Å²) >= 11 is 2.92. The summed E-state index contributed by atoms with van der Waals surface area (Å²) in [6.07, 6.45) is -5.04. The summed E-state index contributed by atoms with van der Waals surface area (Å²) in [4.78, 5) is 23.0. The summed E-state index contributed by atoms with van der Waals surface area (Å²) in [6, 6.07) is -0.831. The van der Waals surface area contributed by atoms with Crippen LogP contribution in [0.15, 0.2) is 0 Å². The van der Waals surface area contributed by atoms with Gasteiger partial charge >= 0.3 is 12.1 Å². The second-order valence-corrected chi connectivity index (χ2v) is 4.16. The zero-order valence-electron chi connectivity index (χ0n) is 8.80. The first kappa shape index (κ1) is 14.4. The lowest BCUT2D eigenvalue weighted by Gasteiger charge is -2.35. The normalized spacial score (nSPS) is 21.4. The van der Waals surface area contributed by atoms with Crippen molar-refractivity contribution in [2.45, 2.75) is 18.6 Å². The zero-order chi connectivity index (χ0) is 13.1. The second-order valence-electron chi connectivity index (χ2n) is 3.60. The van der Waals surface area contributed by atoms with Gasteiger partial charge in [-0.2, -0.15) is 13.2 Å². The molecule has 98 valence electrons. The van der Waals surface area contributed by atoms with Crippen LogP contribution in [0.1, 0.15) is 6.42 Å². The van der Waals surface area contributed by atoms with E-state index in [9.17, 15) is 22.8 Å². The Balaban J connectivity index is 2.72. The van der Waals surface area contributed by atoms with Crippen LogP contribution < -0.4 is 0 Å². The summed E-state index contributed by atoms with van der Waals surface area (Å²) in [7, 11) is 0. The molecule has 0 saturated carbocycles. The van der Waals surface area contributed by atoms with E-state index < -0.39 is 18.1 Å². The molecule has 0 aromatic carbocycles. The minimum Gasteiger partial charge on any atom is -0.377 e. The topological polar surface area (TPSA) is 46.6 Å². The van der Waals surface area contributed by atoms with Gasteiger partial charge in [-0.3, -0.25) is 9.59 Å². The summed E-state index contributed by atoms with van der Waals surface area (Å²) < 4.78 is 41.9. The van der Waals surface area contributed by atoms with Crippen LogP contribution in [0.4, 0.5) is 13.2 Å². The number of carbonyl (C=O) groups excluding carboxylic acids is 2. The van der Waals surface area contributed by atoms with E-state index in [1.807, 2.05) is 0 Å². The number of Topliss-reactive ketones (excluding diaryl/α,β-unsaturated/α-hetero) is 1. The van der Waals surface area contributed by atoms with E-state index in [1.54, 1.807) is 0 Å². The van der Waals surface area contributed by atoms with E-state index in [2.05, 4.69) is 15.9 Å². The van der Waals surface area contributed by atoms with E-state index in [1.165, 1.54) is 0 Å². The van der Waals surface area contributed by atoms with Crippen molar-refractivity contribution in [3.8, 4) is 0 Å². The van der Waals surface area contributed by atoms with Crippen molar-refractivity contribution < 1.29 is 27.5 Å². The van der Waals surface area contributed by atoms with Crippen LogP contribution in [-0.4, -0.2) is 53.9 Å². The third-order valence-corrected chi connectivity index (χ3v) is 2.97. The van der Waals surface area contributed by atoms with Gasteiger partial charge in [-0.25, -0.2) is 0 Å². The third kappa shape index (κ3) is 3.95. The van der Waals surface area contributed by atoms with Crippen molar-refractivity contribution >= 4 is 27.6 Å². The lowest BCUT2D eigenvalue weighted by Crippen LogP contribution is -2.53. The molecule has 1 aliphatic heterocycles. The van der Waals surface area contributed by atoms with E-state index in [0.717, 1.165) is 0 Å². The Morgan fingerprint density at radius 3 is 2.59 bits per heavy atom. The number of halogens is 4. The van der Waals surface area contributed by atoms with Gasteiger partial charge in [-0.15, -0.1) is 0 Å². The molecule has 1 rings (SSSR count). The fourth-order valence-electron chi connectivity index (χ4n) is 1.57. The average molecular weight is 318 g/mol. The van der Waals surface area contributed by atoms with Crippen LogP contribution in [0.2, 0.25) is 0 Å². The summed E-state index contributed by atoms with van der Waals surface area (Å²) in [5.41, 5.74) is 0. The fraction of sp³-hybridized carbons (Fsp3) is 0.778. The van der Waals surface area contributed by atoms with E-state index in [4.69, 9.17) is 4.74 Å². The summed E-state index contributed by atoms with van der Waals surface area (Å²) in [5.74, 6) is -2.17. The first-order valence-corrected chi connectivity index (χ1v) is 6.01. The molecule has 8 heteroatoms. The molecule has 1 unspecified atom stereocenters. The largest absolute Gasteiger partial charge is 0.471 e. The van der Waals surface area contributed by atoms with Gasteiger partial charge in [0.2, 0.25) is 0 Å². The number of ether oxygens (including phenoxy) is 1. The van der Waals surface area contributed by atoms with Crippen LogP contribution in [-0.2, 0) is 14.3 Å². The maximum atomic E-state index is 12.3. The molecule has 0 aromatic rings. The van der Waals surface area contributed by atoms with Gasteiger partial charge in [-0.05, 0) is 0 Å². The molecule has 0 N–H and O–H groups in total. The molecule has 0 spiro atoms. The maximum Gasteiger partial charge on any atom is 0.471 e. The first-order chi connectivity index (χ1) is 7.86. The molecule has 1 amide bonds. The molecule has 1 saturated heterocycles. The Kier molecular flexibility index (Phi) is 4.93. The molecule has 1 heterocycles. The molecule has 1 aliphatic rings. The maximum absolute atomic E-state index is 12.3. The minimum absolute atomic E-state index is 0.0411. The van der Waals surface area contributed by atoms with Crippen molar-refractivity contribution in [3.63, 3.8) is 0 Å². The molecule has 0 bridgehead atoms. The highest BCUT2D eigenvalue weighted by atomic mass is 79.9. The lowest BCUT2D eigenvalue weighted by molar-refractivity contribution is -0.192. The van der Waals surface area contributed by atoms with Gasteiger partial charge in [0.25, 0.3) is 0 Å². The number of hydrogen-bond acceptors (Lipinski definition) is 3. The Morgan fingerprint density at radius 1 is 1.41 bits per heavy atom. The highest BCUT2D eigenvalue weighted by molar-refractivity contribution is 9.09. The molecule has 0 aliphatic carbocycles. The SMILES string of the molecule is O=C(CBr)CC1COCCN1C(=O)C(F)(F)F. The van der Waals surface area contributed by atoms with Crippen LogP contribution in [0.5, 0.6) is 0 Å². The Labute approximate surface area is 104 Å². The van der Waals surface area contributed by atoms with Crippen molar-refractivity contribution in [3.05, 3.63) is 0 Å². The predicted octanol–water partition coefficient (Wildman–Crippen LogP) is 1.13. The van der Waals surface area contributed by atoms with Gasteiger partial charge in [0.05, 0.1) is 24.6 Å². The van der Waals surface area contributed by atoms with Gasteiger partial charge < -0.3 is 9.64 Å². The second kappa shape index (κ2) is 5.81. The summed E-state index contributed by atoms with van der Waals surface area (Å²) in [6.45, 7) is -0.125. The highest BCUT2D eigenvalue weighted by Crippen LogP contribution is 2.22. The number of hydrogen-bond donors (Lipinski definition) is 0. The van der Waals surface area contributed by atoms with Crippen LogP contribution in [0.3, 0.4) is 0 Å². The van der Waals surface area contributed by atoms with E-state index >= 15 is 0 Å². The quantitative estimate of drug-likeness (QED) is 0.733. The van der Waals surface area contributed by atoms with Crippen molar-refractivity contribution in [2.24, 2.45) is 0 Å². The molecule has 1 fully saturated rings. The molecular weight excluding hydrogens is 307 g/mol. The number of nitrogens with zero attached hydrogens (tertiary/aromatic N) is 1. The molecule has 0 aromatic heterocycles.